The van der Waals surface area contributed by atoms with Gasteiger partial charge in [-0.3, -0.25) is 4.68 Å². The topological polar surface area (TPSA) is 78.9 Å². The Morgan fingerprint density at radius 2 is 2.50 bits per heavy atom. The Labute approximate surface area is 88.4 Å². The van der Waals surface area contributed by atoms with Crippen LogP contribution >= 0.6 is 15.9 Å². The molecule has 1 aromatic heterocycles. The fourth-order valence-electron chi connectivity index (χ4n) is 0.861. The second kappa shape index (κ2) is 4.07. The highest BCUT2D eigenvalue weighted by atomic mass is 79.9. The minimum absolute atomic E-state index is 0.325. The molecule has 5 nitrogen and oxygen atoms in total. The molecule has 0 aliphatic carbocycles. The number of nitrogens with zero attached hydrogens (tertiary/aromatic N) is 3. The molecule has 0 saturated carbocycles. The minimum atomic E-state index is -1.25. The Kier molecular flexibility index (Phi) is 3.04. The van der Waals surface area contributed by atoms with E-state index in [0.717, 1.165) is 0 Å². The second-order valence-electron chi connectivity index (χ2n) is 2.48. The molecule has 0 aliphatic heterocycles. The van der Waals surface area contributed by atoms with Gasteiger partial charge in [0.25, 0.3) is 0 Å². The molecule has 6 heteroatoms. The van der Waals surface area contributed by atoms with E-state index in [1.165, 1.54) is 17.0 Å². The largest absolute Gasteiger partial charge is 0.477 e. The predicted molar refractivity (Wildman–Crippen MR) is 52.1 cm³/mol. The van der Waals surface area contributed by atoms with Crippen molar-refractivity contribution in [1.82, 2.24) is 9.78 Å². The molecule has 1 aromatic rings. The fraction of sp³-hybridized carbons (Fsp3) is 0.125. The van der Waals surface area contributed by atoms with Gasteiger partial charge in [-0.1, -0.05) is 0 Å². The van der Waals surface area contributed by atoms with Crippen molar-refractivity contribution in [2.45, 2.75) is 0 Å². The second-order valence-corrected chi connectivity index (χ2v) is 3.33. The van der Waals surface area contributed by atoms with Gasteiger partial charge in [0, 0.05) is 7.05 Å². The first-order valence-electron chi connectivity index (χ1n) is 3.59. The van der Waals surface area contributed by atoms with E-state index < -0.39 is 5.97 Å². The van der Waals surface area contributed by atoms with Gasteiger partial charge in [-0.15, -0.1) is 0 Å². The van der Waals surface area contributed by atoms with Gasteiger partial charge in [0.2, 0.25) is 0 Å². The molecule has 1 N–H and O–H groups in total. The van der Waals surface area contributed by atoms with Crippen LogP contribution in [0.2, 0.25) is 0 Å². The van der Waals surface area contributed by atoms with Crippen LogP contribution in [0.4, 0.5) is 0 Å². The molecule has 0 aromatic carbocycles. The zero-order valence-electron chi connectivity index (χ0n) is 7.23. The third kappa shape index (κ3) is 2.00. The third-order valence-electron chi connectivity index (χ3n) is 1.57. The lowest BCUT2D eigenvalue weighted by Crippen LogP contribution is -2.00. The van der Waals surface area contributed by atoms with Crippen LogP contribution in [0, 0.1) is 11.3 Å². The zero-order chi connectivity index (χ0) is 10.7. The molecule has 0 unspecified atom stereocenters. The van der Waals surface area contributed by atoms with Crippen molar-refractivity contribution in [3.8, 4) is 6.07 Å². The number of halogens is 1. The molecular formula is C8H6BrN3O2. The van der Waals surface area contributed by atoms with Crippen molar-refractivity contribution >= 4 is 28.0 Å². The SMILES string of the molecule is Cn1ncc(Br)c1/C=C(/C#N)C(=O)O. The standard InChI is InChI=1S/C8H6BrN3O2/c1-12-7(6(9)4-11-12)2-5(3-10)8(13)14/h2,4H,1H3,(H,13,14)/b5-2-. The summed E-state index contributed by atoms with van der Waals surface area (Å²) >= 11 is 3.19. The van der Waals surface area contributed by atoms with E-state index in [9.17, 15) is 4.79 Å². The Bertz CT molecular complexity index is 422. The van der Waals surface area contributed by atoms with Crippen LogP contribution in [0.3, 0.4) is 0 Å². The summed E-state index contributed by atoms with van der Waals surface area (Å²) in [6.07, 6.45) is 2.79. The quantitative estimate of drug-likeness (QED) is 0.636. The van der Waals surface area contributed by atoms with E-state index in [2.05, 4.69) is 21.0 Å². The van der Waals surface area contributed by atoms with Crippen LogP contribution in [0.15, 0.2) is 16.2 Å². The summed E-state index contributed by atoms with van der Waals surface area (Å²) in [7, 11) is 1.66. The van der Waals surface area contributed by atoms with Crippen LogP contribution in [-0.4, -0.2) is 20.9 Å². The van der Waals surface area contributed by atoms with Crippen molar-refractivity contribution in [2.75, 3.05) is 0 Å². The van der Waals surface area contributed by atoms with Crippen LogP contribution in [0.25, 0.3) is 6.08 Å². The maximum absolute atomic E-state index is 10.5. The normalized spacial score (nSPS) is 11.1. The van der Waals surface area contributed by atoms with Crippen LogP contribution in [0.5, 0.6) is 0 Å². The molecule has 0 spiro atoms. The molecule has 72 valence electrons. The number of aromatic nitrogens is 2. The van der Waals surface area contributed by atoms with Crippen molar-refractivity contribution in [1.29, 1.82) is 5.26 Å². The number of nitriles is 1. The number of hydrogen-bond donors (Lipinski definition) is 1. The molecule has 0 bridgehead atoms. The van der Waals surface area contributed by atoms with Gasteiger partial charge in [-0.05, 0) is 22.0 Å². The van der Waals surface area contributed by atoms with E-state index >= 15 is 0 Å². The smallest absolute Gasteiger partial charge is 0.346 e. The summed E-state index contributed by atoms with van der Waals surface area (Å²) < 4.78 is 2.12. The highest BCUT2D eigenvalue weighted by Gasteiger charge is 2.09. The monoisotopic (exact) mass is 255 g/mol. The number of aliphatic carboxylic acids is 1. The summed E-state index contributed by atoms with van der Waals surface area (Å²) in [6, 6.07) is 1.59. The summed E-state index contributed by atoms with van der Waals surface area (Å²) in [4.78, 5) is 10.5. The molecule has 1 rings (SSSR count). The highest BCUT2D eigenvalue weighted by Crippen LogP contribution is 2.17. The molecular weight excluding hydrogens is 250 g/mol. The average Bonchev–Trinajstić information content (AvgIpc) is 2.43. The fourth-order valence-corrected chi connectivity index (χ4v) is 1.32. The first-order valence-corrected chi connectivity index (χ1v) is 4.38. The third-order valence-corrected chi connectivity index (χ3v) is 2.18. The zero-order valence-corrected chi connectivity index (χ0v) is 8.82. The van der Waals surface area contributed by atoms with E-state index in [0.29, 0.717) is 10.2 Å². The van der Waals surface area contributed by atoms with E-state index in [4.69, 9.17) is 10.4 Å². The van der Waals surface area contributed by atoms with Crippen LogP contribution in [-0.2, 0) is 11.8 Å². The predicted octanol–water partition coefficient (Wildman–Crippen LogP) is 1.17. The number of carbonyl (C=O) groups is 1. The van der Waals surface area contributed by atoms with Crippen molar-refractivity contribution < 1.29 is 9.90 Å². The number of hydrogen-bond acceptors (Lipinski definition) is 3. The lowest BCUT2D eigenvalue weighted by Gasteiger charge is -1.95. The summed E-state index contributed by atoms with van der Waals surface area (Å²) in [5.41, 5.74) is 0.221. The molecule has 0 aliphatic rings. The lowest BCUT2D eigenvalue weighted by molar-refractivity contribution is -0.132. The average molecular weight is 256 g/mol. The maximum atomic E-state index is 10.5. The Morgan fingerprint density at radius 1 is 1.86 bits per heavy atom. The Morgan fingerprint density at radius 3 is 2.86 bits per heavy atom. The van der Waals surface area contributed by atoms with E-state index in [1.807, 2.05) is 0 Å². The Balaban J connectivity index is 3.20. The molecule has 0 atom stereocenters. The molecule has 0 radical (unpaired) electrons. The summed E-state index contributed by atoms with van der Waals surface area (Å²) in [6.45, 7) is 0. The highest BCUT2D eigenvalue weighted by molar-refractivity contribution is 9.10. The van der Waals surface area contributed by atoms with Gasteiger partial charge < -0.3 is 5.11 Å². The van der Waals surface area contributed by atoms with Crippen LogP contribution < -0.4 is 0 Å². The van der Waals surface area contributed by atoms with Gasteiger partial charge in [0.1, 0.15) is 11.6 Å². The summed E-state index contributed by atoms with van der Waals surface area (Å²) in [5.74, 6) is -1.25. The van der Waals surface area contributed by atoms with E-state index in [1.54, 1.807) is 13.1 Å². The number of rotatable bonds is 2. The minimum Gasteiger partial charge on any atom is -0.477 e. The Hall–Kier alpha value is -1.61. The molecule has 0 amide bonds. The van der Waals surface area contributed by atoms with Crippen molar-refractivity contribution in [3.05, 3.63) is 21.9 Å². The first kappa shape index (κ1) is 10.5. The number of aryl methyl sites for hydroxylation is 1. The lowest BCUT2D eigenvalue weighted by atomic mass is 10.2. The molecule has 14 heavy (non-hydrogen) atoms. The maximum Gasteiger partial charge on any atom is 0.346 e. The van der Waals surface area contributed by atoms with E-state index in [-0.39, 0.29) is 5.57 Å². The van der Waals surface area contributed by atoms with Crippen molar-refractivity contribution in [3.63, 3.8) is 0 Å². The first-order chi connectivity index (χ1) is 6.56. The molecule has 1 heterocycles. The van der Waals surface area contributed by atoms with Crippen molar-refractivity contribution in [2.24, 2.45) is 7.05 Å². The van der Waals surface area contributed by atoms with Gasteiger partial charge in [-0.25, -0.2) is 4.79 Å². The summed E-state index contributed by atoms with van der Waals surface area (Å²) in [5, 5.41) is 21.0. The number of carboxylic acids is 1. The number of carboxylic acid groups (broad SMARTS) is 1. The molecule has 0 fully saturated rings. The van der Waals surface area contributed by atoms with Gasteiger partial charge in [-0.2, -0.15) is 10.4 Å². The van der Waals surface area contributed by atoms with Gasteiger partial charge >= 0.3 is 5.97 Å². The van der Waals surface area contributed by atoms with Gasteiger partial charge in [0.05, 0.1) is 16.4 Å². The van der Waals surface area contributed by atoms with Gasteiger partial charge in [0.15, 0.2) is 0 Å². The molecule has 0 saturated heterocycles. The van der Waals surface area contributed by atoms with Crippen LogP contribution in [0.1, 0.15) is 5.69 Å².